The van der Waals surface area contributed by atoms with Crippen molar-refractivity contribution in [2.24, 2.45) is 5.92 Å². The molecular formula is C17H21N3O2S. The van der Waals surface area contributed by atoms with Crippen LogP contribution >= 0.6 is 11.8 Å². The summed E-state index contributed by atoms with van der Waals surface area (Å²) in [5, 5.41) is 9.77. The first-order chi connectivity index (χ1) is 10.9. The minimum absolute atomic E-state index is 0.0842. The molecule has 0 saturated carbocycles. The first-order valence-corrected chi connectivity index (χ1v) is 8.74. The van der Waals surface area contributed by atoms with Crippen LogP contribution in [0.2, 0.25) is 0 Å². The molecule has 2 heterocycles. The van der Waals surface area contributed by atoms with Crippen LogP contribution < -0.4 is 0 Å². The summed E-state index contributed by atoms with van der Waals surface area (Å²) in [6.45, 7) is 7.02. The van der Waals surface area contributed by atoms with E-state index >= 15 is 0 Å². The molecule has 1 aliphatic rings. The Morgan fingerprint density at radius 1 is 1.43 bits per heavy atom. The second-order valence-electron chi connectivity index (χ2n) is 5.99. The summed E-state index contributed by atoms with van der Waals surface area (Å²) < 4.78 is 0. The molecule has 1 saturated heterocycles. The predicted molar refractivity (Wildman–Crippen MR) is 89.4 cm³/mol. The lowest BCUT2D eigenvalue weighted by molar-refractivity contribution is -0.129. The Bertz CT molecular complexity index is 659. The fourth-order valence-electron chi connectivity index (χ4n) is 2.61. The topological polar surface area (TPSA) is 74.1 Å². The number of carbonyl (C=O) groups excluding carboxylic acids is 2. The van der Waals surface area contributed by atoms with Gasteiger partial charge in [0.2, 0.25) is 5.91 Å². The van der Waals surface area contributed by atoms with E-state index in [1.165, 1.54) is 18.7 Å². The zero-order valence-corrected chi connectivity index (χ0v) is 14.6. The van der Waals surface area contributed by atoms with Gasteiger partial charge in [0.25, 0.3) is 0 Å². The van der Waals surface area contributed by atoms with Gasteiger partial charge in [-0.05, 0) is 38.7 Å². The molecule has 1 amide bonds. The van der Waals surface area contributed by atoms with E-state index in [1.54, 1.807) is 13.0 Å². The number of Topliss-reactive ketones (excluding diaryl/α,β-unsaturated/α-hetero) is 1. The molecule has 0 spiro atoms. The molecule has 0 unspecified atom stereocenters. The molecular weight excluding hydrogens is 310 g/mol. The first-order valence-electron chi connectivity index (χ1n) is 7.75. The Hall–Kier alpha value is -1.87. The highest BCUT2D eigenvalue weighted by molar-refractivity contribution is 7.99. The smallest absolute Gasteiger partial charge is 0.232 e. The van der Waals surface area contributed by atoms with Crippen molar-refractivity contribution >= 4 is 23.5 Å². The van der Waals surface area contributed by atoms with Crippen LogP contribution in [0.15, 0.2) is 11.1 Å². The van der Waals surface area contributed by atoms with Gasteiger partial charge in [-0.1, -0.05) is 18.7 Å². The predicted octanol–water partition coefficient (Wildman–Crippen LogP) is 2.81. The number of carbonyl (C=O) groups is 2. The Morgan fingerprint density at radius 2 is 2.09 bits per heavy atom. The summed E-state index contributed by atoms with van der Waals surface area (Å²) in [5.74, 6) is 0.928. The molecule has 1 aliphatic heterocycles. The van der Waals surface area contributed by atoms with E-state index in [-0.39, 0.29) is 17.4 Å². The molecule has 6 heteroatoms. The number of amides is 1. The fourth-order valence-corrected chi connectivity index (χ4v) is 3.51. The van der Waals surface area contributed by atoms with Crippen LogP contribution in [-0.2, 0) is 4.79 Å². The molecule has 0 radical (unpaired) electrons. The van der Waals surface area contributed by atoms with E-state index in [1.807, 2.05) is 4.90 Å². The van der Waals surface area contributed by atoms with Gasteiger partial charge in [-0.15, -0.1) is 0 Å². The molecule has 1 fully saturated rings. The number of aromatic nitrogens is 1. The number of nitrogens with zero attached hydrogens (tertiary/aromatic N) is 3. The Morgan fingerprint density at radius 3 is 2.65 bits per heavy atom. The van der Waals surface area contributed by atoms with Gasteiger partial charge in [0, 0.05) is 24.3 Å². The molecule has 0 atom stereocenters. The second-order valence-corrected chi connectivity index (χ2v) is 6.96. The molecule has 1 aromatic heterocycles. The maximum absolute atomic E-state index is 12.3. The lowest BCUT2D eigenvalue weighted by atomic mass is 9.99. The molecule has 2 rings (SSSR count). The monoisotopic (exact) mass is 331 g/mol. The molecule has 1 aromatic rings. The number of ketones is 1. The van der Waals surface area contributed by atoms with Gasteiger partial charge >= 0.3 is 0 Å². The number of piperidine rings is 1. The van der Waals surface area contributed by atoms with Crippen molar-refractivity contribution in [2.75, 3.05) is 18.8 Å². The average molecular weight is 331 g/mol. The SMILES string of the molecule is CC(=O)c1cc(C#N)c(SCC(=O)N2CCC(C)CC2)nc1C. The van der Waals surface area contributed by atoms with Gasteiger partial charge in [-0.3, -0.25) is 9.59 Å². The van der Waals surface area contributed by atoms with Gasteiger partial charge in [0.15, 0.2) is 5.78 Å². The highest BCUT2D eigenvalue weighted by atomic mass is 32.2. The summed E-state index contributed by atoms with van der Waals surface area (Å²) in [6.07, 6.45) is 2.09. The first kappa shape index (κ1) is 17.5. The maximum Gasteiger partial charge on any atom is 0.232 e. The molecule has 122 valence electrons. The van der Waals surface area contributed by atoms with Gasteiger partial charge in [0.05, 0.1) is 11.3 Å². The highest BCUT2D eigenvalue weighted by Crippen LogP contribution is 2.24. The fraction of sp³-hybridized carbons (Fsp3) is 0.529. The van der Waals surface area contributed by atoms with E-state index in [4.69, 9.17) is 0 Å². The van der Waals surface area contributed by atoms with Crippen LogP contribution in [-0.4, -0.2) is 40.4 Å². The minimum Gasteiger partial charge on any atom is -0.342 e. The van der Waals surface area contributed by atoms with Crippen LogP contribution in [0.1, 0.15) is 48.3 Å². The van der Waals surface area contributed by atoms with E-state index in [9.17, 15) is 14.9 Å². The molecule has 0 bridgehead atoms. The van der Waals surface area contributed by atoms with E-state index in [2.05, 4.69) is 18.0 Å². The van der Waals surface area contributed by atoms with Crippen LogP contribution in [0.4, 0.5) is 0 Å². The van der Waals surface area contributed by atoms with Gasteiger partial charge in [-0.25, -0.2) is 4.98 Å². The maximum atomic E-state index is 12.3. The number of hydrogen-bond acceptors (Lipinski definition) is 5. The van der Waals surface area contributed by atoms with Crippen molar-refractivity contribution in [1.82, 2.24) is 9.88 Å². The third-order valence-corrected chi connectivity index (χ3v) is 5.12. The number of hydrogen-bond donors (Lipinski definition) is 0. The normalized spacial score (nSPS) is 15.3. The Labute approximate surface area is 141 Å². The number of pyridine rings is 1. The highest BCUT2D eigenvalue weighted by Gasteiger charge is 2.21. The van der Waals surface area contributed by atoms with Crippen molar-refractivity contribution in [1.29, 1.82) is 5.26 Å². The minimum atomic E-state index is -0.110. The summed E-state index contributed by atoms with van der Waals surface area (Å²) in [7, 11) is 0. The lowest BCUT2D eigenvalue weighted by Gasteiger charge is -2.30. The number of nitriles is 1. The Kier molecular flexibility index (Phi) is 5.78. The van der Waals surface area contributed by atoms with Gasteiger partial charge in [0.1, 0.15) is 11.1 Å². The summed E-state index contributed by atoms with van der Waals surface area (Å²) in [5.41, 5.74) is 1.41. The second kappa shape index (κ2) is 7.60. The van der Waals surface area contributed by atoms with Crippen molar-refractivity contribution in [3.05, 3.63) is 22.9 Å². The van der Waals surface area contributed by atoms with Gasteiger partial charge in [-0.2, -0.15) is 5.26 Å². The van der Waals surface area contributed by atoms with E-state index in [0.717, 1.165) is 25.9 Å². The van der Waals surface area contributed by atoms with E-state index in [0.29, 0.717) is 27.8 Å². The zero-order chi connectivity index (χ0) is 17.0. The Balaban J connectivity index is 2.05. The third kappa shape index (κ3) is 4.32. The molecule has 0 aliphatic carbocycles. The van der Waals surface area contributed by atoms with Crippen LogP contribution in [0, 0.1) is 24.2 Å². The molecule has 23 heavy (non-hydrogen) atoms. The van der Waals surface area contributed by atoms with Crippen LogP contribution in [0.25, 0.3) is 0 Å². The zero-order valence-electron chi connectivity index (χ0n) is 13.8. The van der Waals surface area contributed by atoms with Crippen molar-refractivity contribution in [2.45, 2.75) is 38.6 Å². The molecule has 5 nitrogen and oxygen atoms in total. The summed E-state index contributed by atoms with van der Waals surface area (Å²) >= 11 is 1.27. The summed E-state index contributed by atoms with van der Waals surface area (Å²) in [6, 6.07) is 3.64. The molecule has 0 N–H and O–H groups in total. The van der Waals surface area contributed by atoms with Crippen molar-refractivity contribution < 1.29 is 9.59 Å². The summed E-state index contributed by atoms with van der Waals surface area (Å²) in [4.78, 5) is 30.0. The van der Waals surface area contributed by atoms with Crippen molar-refractivity contribution in [3.8, 4) is 6.07 Å². The largest absolute Gasteiger partial charge is 0.342 e. The quantitative estimate of drug-likeness (QED) is 0.626. The van der Waals surface area contributed by atoms with Gasteiger partial charge < -0.3 is 4.90 Å². The average Bonchev–Trinajstić information content (AvgIpc) is 2.53. The number of thioether (sulfide) groups is 1. The van der Waals surface area contributed by atoms with Crippen LogP contribution in [0.5, 0.6) is 0 Å². The van der Waals surface area contributed by atoms with Crippen molar-refractivity contribution in [3.63, 3.8) is 0 Å². The van der Waals surface area contributed by atoms with E-state index < -0.39 is 0 Å². The molecule has 0 aromatic carbocycles. The standard InChI is InChI=1S/C17H21N3O2S/c1-11-4-6-20(7-5-11)16(22)10-23-17-14(9-18)8-15(13(3)21)12(2)19-17/h8,11H,4-7,10H2,1-3H3. The number of rotatable bonds is 4. The lowest BCUT2D eigenvalue weighted by Crippen LogP contribution is -2.38. The number of likely N-dealkylation sites (tertiary alicyclic amines) is 1. The third-order valence-electron chi connectivity index (χ3n) is 4.15. The van der Waals surface area contributed by atoms with Crippen LogP contribution in [0.3, 0.4) is 0 Å². The number of aryl methyl sites for hydroxylation is 1.